The number of nitrogens with zero attached hydrogens (tertiary/aromatic N) is 3. The lowest BCUT2D eigenvalue weighted by Gasteiger charge is -2.29. The van der Waals surface area contributed by atoms with Gasteiger partial charge in [0.1, 0.15) is 21.9 Å². The van der Waals surface area contributed by atoms with Crippen LogP contribution in [0.15, 0.2) is 33.8 Å². The van der Waals surface area contributed by atoms with Crippen molar-refractivity contribution in [3.05, 3.63) is 47.1 Å². The first-order chi connectivity index (χ1) is 13.8. The summed E-state index contributed by atoms with van der Waals surface area (Å²) in [6.45, 7) is 6.05. The molecule has 0 aliphatic carbocycles. The number of halogens is 1. The van der Waals surface area contributed by atoms with Gasteiger partial charge in [-0.15, -0.1) is 0 Å². The van der Waals surface area contributed by atoms with Crippen molar-refractivity contribution in [3.8, 4) is 0 Å². The van der Waals surface area contributed by atoms with Crippen molar-refractivity contribution in [2.45, 2.75) is 38.0 Å². The minimum absolute atomic E-state index is 0.00824. The summed E-state index contributed by atoms with van der Waals surface area (Å²) in [5.74, 6) is -1.27. The van der Waals surface area contributed by atoms with Crippen LogP contribution in [0.5, 0.6) is 0 Å². The van der Waals surface area contributed by atoms with Crippen molar-refractivity contribution in [3.63, 3.8) is 0 Å². The van der Waals surface area contributed by atoms with Gasteiger partial charge in [0.25, 0.3) is 5.91 Å². The predicted octanol–water partition coefficient (Wildman–Crippen LogP) is 2.00. The van der Waals surface area contributed by atoms with Gasteiger partial charge in [0.05, 0.1) is 5.69 Å². The number of anilines is 1. The first-order valence-corrected chi connectivity index (χ1v) is 10.6. The number of nitrogens with two attached hydrogens (primary N) is 1. The largest absolute Gasteiger partial charge is 0.386 e. The summed E-state index contributed by atoms with van der Waals surface area (Å²) >= 11 is 0. The van der Waals surface area contributed by atoms with E-state index in [9.17, 15) is 17.6 Å². The second-order valence-corrected chi connectivity index (χ2v) is 10.6. The number of hydrogen-bond acceptors (Lipinski definition) is 7. The molecule has 11 heteroatoms. The summed E-state index contributed by atoms with van der Waals surface area (Å²) < 4.78 is 45.1. The third-order valence-corrected chi connectivity index (χ3v) is 7.67. The van der Waals surface area contributed by atoms with Crippen LogP contribution in [0.25, 0.3) is 0 Å². The van der Waals surface area contributed by atoms with Gasteiger partial charge in [-0.3, -0.25) is 9.79 Å². The van der Waals surface area contributed by atoms with E-state index in [1.165, 1.54) is 45.2 Å². The van der Waals surface area contributed by atoms with Gasteiger partial charge in [-0.25, -0.2) is 17.1 Å². The number of benzene rings is 1. The van der Waals surface area contributed by atoms with E-state index in [0.717, 1.165) is 4.31 Å². The van der Waals surface area contributed by atoms with Crippen molar-refractivity contribution in [1.29, 1.82) is 0 Å². The molecule has 1 aromatic heterocycles. The van der Waals surface area contributed by atoms with E-state index in [1.54, 1.807) is 13.8 Å². The molecular weight excluding hydrogens is 413 g/mol. The van der Waals surface area contributed by atoms with Gasteiger partial charge in [-0.05, 0) is 45.9 Å². The molecule has 0 bridgehead atoms. The van der Waals surface area contributed by atoms with E-state index in [2.05, 4.69) is 15.5 Å². The normalized spacial score (nSPS) is 23.5. The molecule has 3 N–H and O–H groups in total. The lowest BCUT2D eigenvalue weighted by atomic mass is 9.91. The van der Waals surface area contributed by atoms with E-state index in [0.29, 0.717) is 5.69 Å². The number of aryl methyl sites for hydroxylation is 1. The molecular formula is C19H24FN5O4S. The molecule has 0 saturated carbocycles. The zero-order valence-corrected chi connectivity index (χ0v) is 18.2. The summed E-state index contributed by atoms with van der Waals surface area (Å²) in [7, 11) is -2.41. The number of rotatable bonds is 3. The van der Waals surface area contributed by atoms with Gasteiger partial charge in [-0.1, -0.05) is 5.16 Å². The highest BCUT2D eigenvalue weighted by Gasteiger charge is 2.48. The highest BCUT2D eigenvalue weighted by Crippen LogP contribution is 2.36. The molecule has 1 aliphatic heterocycles. The molecule has 0 saturated heterocycles. The summed E-state index contributed by atoms with van der Waals surface area (Å²) in [5, 5.41) is 6.27. The fourth-order valence-corrected chi connectivity index (χ4v) is 4.81. The van der Waals surface area contributed by atoms with Crippen LogP contribution in [0.3, 0.4) is 0 Å². The quantitative estimate of drug-likeness (QED) is 0.755. The SMILES string of the molecule is Cc1cc(C(=O)Nc2ccc(F)c([C@]3(C)CN(C)S(=O)(=O)C(C)(C)C(N)=N3)c2)on1. The molecule has 9 nitrogen and oxygen atoms in total. The van der Waals surface area contributed by atoms with Crippen molar-refractivity contribution < 1.29 is 22.1 Å². The van der Waals surface area contributed by atoms with Crippen molar-refractivity contribution in [2.24, 2.45) is 10.7 Å². The lowest BCUT2D eigenvalue weighted by molar-refractivity contribution is 0.0988. The number of amides is 1. The minimum Gasteiger partial charge on any atom is -0.386 e. The predicted molar refractivity (Wildman–Crippen MR) is 110 cm³/mol. The lowest BCUT2D eigenvalue weighted by Crippen LogP contribution is -2.50. The number of hydrogen-bond donors (Lipinski definition) is 2. The first-order valence-electron chi connectivity index (χ1n) is 9.14. The molecule has 1 aromatic carbocycles. The molecule has 0 unspecified atom stereocenters. The van der Waals surface area contributed by atoms with E-state index < -0.39 is 32.0 Å². The number of aliphatic imine (C=N–C) groups is 1. The van der Waals surface area contributed by atoms with E-state index in [1.807, 2.05) is 0 Å². The summed E-state index contributed by atoms with van der Waals surface area (Å²) in [6, 6.07) is 5.45. The van der Waals surface area contributed by atoms with Crippen LogP contribution < -0.4 is 11.1 Å². The monoisotopic (exact) mass is 437 g/mol. The minimum atomic E-state index is -3.81. The fourth-order valence-electron chi connectivity index (χ4n) is 3.30. The molecule has 2 aromatic rings. The van der Waals surface area contributed by atoms with Gasteiger partial charge >= 0.3 is 0 Å². The second-order valence-electron chi connectivity index (χ2n) is 8.02. The van der Waals surface area contributed by atoms with Crippen LogP contribution in [0, 0.1) is 12.7 Å². The van der Waals surface area contributed by atoms with Gasteiger partial charge in [0, 0.05) is 30.9 Å². The molecule has 1 amide bonds. The Bertz CT molecular complexity index is 1140. The molecule has 1 aliphatic rings. The molecule has 30 heavy (non-hydrogen) atoms. The number of carbonyl (C=O) groups excluding carboxylic acids is 1. The van der Waals surface area contributed by atoms with Crippen molar-refractivity contribution in [1.82, 2.24) is 9.46 Å². The van der Waals surface area contributed by atoms with E-state index in [4.69, 9.17) is 10.3 Å². The van der Waals surface area contributed by atoms with Crippen LogP contribution in [0.2, 0.25) is 0 Å². The van der Waals surface area contributed by atoms with Crippen LogP contribution in [-0.4, -0.2) is 48.0 Å². The van der Waals surface area contributed by atoms with Crippen molar-refractivity contribution >= 4 is 27.5 Å². The zero-order valence-electron chi connectivity index (χ0n) is 17.4. The fraction of sp³-hybridized carbons (Fsp3) is 0.421. The van der Waals surface area contributed by atoms with E-state index >= 15 is 0 Å². The number of nitrogens with one attached hydrogen (secondary N) is 1. The standard InChI is InChI=1S/C19H24FN5O4S/c1-11-8-15(29-24-11)16(26)22-12-6-7-14(20)13(9-12)19(4)10-25(5)30(27,28)18(2,3)17(21)23-19/h6-9H,10H2,1-5H3,(H2,21,23)(H,22,26)/t19-/m0/s1. The number of amidine groups is 1. The average molecular weight is 437 g/mol. The molecule has 0 fully saturated rings. The third kappa shape index (κ3) is 3.58. The van der Waals surface area contributed by atoms with Crippen LogP contribution in [-0.2, 0) is 15.6 Å². The van der Waals surface area contributed by atoms with Crippen LogP contribution >= 0.6 is 0 Å². The third-order valence-electron chi connectivity index (χ3n) is 5.23. The van der Waals surface area contributed by atoms with Gasteiger partial charge in [0.2, 0.25) is 15.8 Å². The Hall–Kier alpha value is -2.79. The number of carbonyl (C=O) groups is 1. The Morgan fingerprint density at radius 1 is 1.30 bits per heavy atom. The smallest absolute Gasteiger partial charge is 0.294 e. The highest BCUT2D eigenvalue weighted by atomic mass is 32.2. The van der Waals surface area contributed by atoms with Crippen molar-refractivity contribution in [2.75, 3.05) is 18.9 Å². The first kappa shape index (κ1) is 21.9. The molecule has 0 radical (unpaired) electrons. The zero-order chi connectivity index (χ0) is 22.5. The molecule has 0 spiro atoms. The second kappa shape index (κ2) is 7.17. The summed E-state index contributed by atoms with van der Waals surface area (Å²) in [5.41, 5.74) is 5.66. The van der Waals surface area contributed by atoms with Gasteiger partial charge in [-0.2, -0.15) is 0 Å². The molecule has 1 atom stereocenters. The highest BCUT2D eigenvalue weighted by molar-refractivity contribution is 7.91. The molecule has 162 valence electrons. The summed E-state index contributed by atoms with van der Waals surface area (Å²) in [4.78, 5) is 16.7. The number of aromatic nitrogens is 1. The van der Waals surface area contributed by atoms with E-state index in [-0.39, 0.29) is 29.4 Å². The maximum Gasteiger partial charge on any atom is 0.294 e. The van der Waals surface area contributed by atoms with Gasteiger partial charge in [0.15, 0.2) is 0 Å². The average Bonchev–Trinajstić information content (AvgIpc) is 3.07. The topological polar surface area (TPSA) is 131 Å². The Morgan fingerprint density at radius 2 is 1.97 bits per heavy atom. The summed E-state index contributed by atoms with van der Waals surface area (Å²) in [6.07, 6.45) is 0. The number of likely N-dealkylation sites (N-methyl/N-ethyl adjacent to an activating group) is 1. The molecule has 3 rings (SSSR count). The Balaban J connectivity index is 2.03. The van der Waals surface area contributed by atoms with Crippen LogP contribution in [0.1, 0.15) is 42.6 Å². The Labute approximate surface area is 174 Å². The molecule has 2 heterocycles. The van der Waals surface area contributed by atoms with Crippen LogP contribution in [0.4, 0.5) is 10.1 Å². The van der Waals surface area contributed by atoms with Gasteiger partial charge < -0.3 is 15.6 Å². The maximum atomic E-state index is 14.8. The Morgan fingerprint density at radius 3 is 2.57 bits per heavy atom. The maximum absolute atomic E-state index is 14.8. The number of sulfonamides is 1. The Kier molecular flexibility index (Phi) is 5.23.